The molecule has 7 nitrogen and oxygen atoms in total. The van der Waals surface area contributed by atoms with Crippen molar-refractivity contribution in [2.75, 3.05) is 13.2 Å². The highest BCUT2D eigenvalue weighted by Gasteiger charge is 2.33. The Labute approximate surface area is 115 Å². The van der Waals surface area contributed by atoms with Gasteiger partial charge in [-0.1, -0.05) is 5.16 Å². The quantitative estimate of drug-likeness (QED) is 0.867. The van der Waals surface area contributed by atoms with Crippen LogP contribution in [0.15, 0.2) is 33.7 Å². The van der Waals surface area contributed by atoms with E-state index in [-0.39, 0.29) is 24.7 Å². The molecule has 0 aliphatic carbocycles. The van der Waals surface area contributed by atoms with Gasteiger partial charge in [0.2, 0.25) is 11.7 Å². The predicted octanol–water partition coefficient (Wildman–Crippen LogP) is 0.368. The first-order valence-corrected chi connectivity index (χ1v) is 7.60. The van der Waals surface area contributed by atoms with Gasteiger partial charge in [-0.3, -0.25) is 0 Å². The van der Waals surface area contributed by atoms with E-state index in [2.05, 4.69) is 10.1 Å². The molecule has 2 heterocycles. The van der Waals surface area contributed by atoms with Gasteiger partial charge in [0.15, 0.2) is 9.84 Å². The van der Waals surface area contributed by atoms with Crippen LogP contribution >= 0.6 is 0 Å². The van der Waals surface area contributed by atoms with E-state index in [0.29, 0.717) is 17.3 Å². The average Bonchev–Trinajstić information content (AvgIpc) is 2.85. The molecular weight excluding hydrogens is 282 g/mol. The average molecular weight is 295 g/mol. The fourth-order valence-corrected chi connectivity index (χ4v) is 3.29. The normalized spacial score (nSPS) is 16.1. The summed E-state index contributed by atoms with van der Waals surface area (Å²) >= 11 is 0. The minimum atomic E-state index is -3.31. The fraction of sp³-hybridized carbons (Fsp3) is 0.333. The van der Waals surface area contributed by atoms with Crippen LogP contribution in [0.5, 0.6) is 0 Å². The highest BCUT2D eigenvalue weighted by Crippen LogP contribution is 2.24. The zero-order valence-corrected chi connectivity index (χ0v) is 11.3. The van der Waals surface area contributed by atoms with E-state index in [1.54, 1.807) is 24.3 Å². The molecule has 0 unspecified atom stereocenters. The van der Waals surface area contributed by atoms with Crippen LogP contribution in [-0.2, 0) is 21.1 Å². The number of sulfone groups is 1. The van der Waals surface area contributed by atoms with Gasteiger partial charge in [-0.05, 0) is 24.3 Å². The second-order valence-corrected chi connectivity index (χ2v) is 6.67. The van der Waals surface area contributed by atoms with Crippen LogP contribution in [0.1, 0.15) is 5.89 Å². The van der Waals surface area contributed by atoms with Gasteiger partial charge in [0.1, 0.15) is 5.25 Å². The van der Waals surface area contributed by atoms with Crippen LogP contribution in [0.2, 0.25) is 0 Å². The van der Waals surface area contributed by atoms with E-state index in [1.807, 2.05) is 0 Å². The first kappa shape index (κ1) is 13.2. The van der Waals surface area contributed by atoms with Crippen molar-refractivity contribution in [3.63, 3.8) is 0 Å². The number of ether oxygens (including phenoxy) is 1. The maximum Gasteiger partial charge on any atom is 0.240 e. The highest BCUT2D eigenvalue weighted by molar-refractivity contribution is 7.92. The van der Waals surface area contributed by atoms with Crippen LogP contribution in [0.3, 0.4) is 0 Å². The molecule has 2 aromatic rings. The molecule has 20 heavy (non-hydrogen) atoms. The van der Waals surface area contributed by atoms with Crippen molar-refractivity contribution in [3.05, 3.63) is 30.2 Å². The third kappa shape index (κ3) is 2.21. The molecule has 1 aliphatic rings. The lowest BCUT2D eigenvalue weighted by molar-refractivity contribution is 0.0416. The Morgan fingerprint density at radius 1 is 1.25 bits per heavy atom. The van der Waals surface area contributed by atoms with Crippen LogP contribution in [-0.4, -0.2) is 37.0 Å². The molecule has 3 rings (SSSR count). The highest BCUT2D eigenvalue weighted by atomic mass is 32.2. The zero-order chi connectivity index (χ0) is 14.2. The Bertz CT molecular complexity index is 705. The second kappa shape index (κ2) is 4.97. The topological polar surface area (TPSA) is 108 Å². The summed E-state index contributed by atoms with van der Waals surface area (Å²) in [6.45, 7) is 0.685. The van der Waals surface area contributed by atoms with Gasteiger partial charge >= 0.3 is 0 Å². The number of nitrogens with two attached hydrogens (primary N) is 1. The first-order valence-electron chi connectivity index (χ1n) is 6.06. The Morgan fingerprint density at radius 3 is 2.45 bits per heavy atom. The van der Waals surface area contributed by atoms with E-state index >= 15 is 0 Å². The Hall–Kier alpha value is -1.77. The van der Waals surface area contributed by atoms with E-state index in [1.165, 1.54) is 0 Å². The summed E-state index contributed by atoms with van der Waals surface area (Å²) in [7, 11) is -3.31. The predicted molar refractivity (Wildman–Crippen MR) is 69.4 cm³/mol. The largest absolute Gasteiger partial charge is 0.379 e. The van der Waals surface area contributed by atoms with Crippen molar-refractivity contribution in [1.82, 2.24) is 10.1 Å². The smallest absolute Gasteiger partial charge is 0.240 e. The number of hydrogen-bond acceptors (Lipinski definition) is 7. The van der Waals surface area contributed by atoms with Crippen LogP contribution < -0.4 is 5.73 Å². The molecule has 2 N–H and O–H groups in total. The van der Waals surface area contributed by atoms with Gasteiger partial charge in [-0.2, -0.15) is 4.98 Å². The van der Waals surface area contributed by atoms with E-state index in [4.69, 9.17) is 15.0 Å². The van der Waals surface area contributed by atoms with Crippen LogP contribution in [0.4, 0.5) is 0 Å². The molecule has 0 amide bonds. The summed E-state index contributed by atoms with van der Waals surface area (Å²) in [5.74, 6) is 0.727. The minimum Gasteiger partial charge on any atom is -0.379 e. The van der Waals surface area contributed by atoms with Crippen molar-refractivity contribution in [2.24, 2.45) is 5.73 Å². The lowest BCUT2D eigenvalue weighted by Gasteiger charge is -2.25. The standard InChI is InChI=1S/C12H13N3O4S/c13-5-11-14-12(15-19-11)8-1-3-9(4-2-8)20(16,17)10-6-18-7-10/h1-4,10H,5-7,13H2. The number of rotatable bonds is 4. The van der Waals surface area contributed by atoms with Crippen molar-refractivity contribution in [1.29, 1.82) is 0 Å². The summed E-state index contributed by atoms with van der Waals surface area (Å²) in [5, 5.41) is 3.33. The Kier molecular flexibility index (Phi) is 3.28. The molecule has 1 aromatic carbocycles. The summed E-state index contributed by atoms with van der Waals surface area (Å²) in [6.07, 6.45) is 0. The first-order chi connectivity index (χ1) is 9.61. The molecule has 106 valence electrons. The van der Waals surface area contributed by atoms with Gasteiger partial charge < -0.3 is 15.0 Å². The van der Waals surface area contributed by atoms with Crippen LogP contribution in [0.25, 0.3) is 11.4 Å². The number of nitrogens with zero attached hydrogens (tertiary/aromatic N) is 2. The third-order valence-corrected chi connectivity index (χ3v) is 5.21. The summed E-state index contributed by atoms with van der Waals surface area (Å²) in [6, 6.07) is 6.39. The molecule has 0 spiro atoms. The lowest BCUT2D eigenvalue weighted by atomic mass is 10.2. The summed E-state index contributed by atoms with van der Waals surface area (Å²) < 4.78 is 34.2. The van der Waals surface area contributed by atoms with Gasteiger partial charge in [-0.25, -0.2) is 8.42 Å². The SMILES string of the molecule is NCc1nc(-c2ccc(S(=O)(=O)C3COC3)cc2)no1. The van der Waals surface area contributed by atoms with Gasteiger partial charge in [-0.15, -0.1) is 0 Å². The summed E-state index contributed by atoms with van der Waals surface area (Å²) in [4.78, 5) is 4.36. The molecule has 8 heteroatoms. The maximum absolute atomic E-state index is 12.2. The molecule has 0 saturated carbocycles. The lowest BCUT2D eigenvalue weighted by Crippen LogP contribution is -2.40. The molecule has 1 fully saturated rings. The van der Waals surface area contributed by atoms with Crippen molar-refractivity contribution >= 4 is 9.84 Å². The van der Waals surface area contributed by atoms with E-state index < -0.39 is 15.1 Å². The third-order valence-electron chi connectivity index (χ3n) is 3.13. The number of aromatic nitrogens is 2. The molecule has 1 aromatic heterocycles. The molecule has 1 saturated heterocycles. The maximum atomic E-state index is 12.2. The number of hydrogen-bond donors (Lipinski definition) is 1. The molecule has 0 atom stereocenters. The molecule has 0 bridgehead atoms. The van der Waals surface area contributed by atoms with Crippen molar-refractivity contribution in [3.8, 4) is 11.4 Å². The van der Waals surface area contributed by atoms with E-state index in [9.17, 15) is 8.42 Å². The molecular formula is C12H13N3O4S. The van der Waals surface area contributed by atoms with Gasteiger partial charge in [0.25, 0.3) is 0 Å². The monoisotopic (exact) mass is 295 g/mol. The minimum absolute atomic E-state index is 0.168. The van der Waals surface area contributed by atoms with Gasteiger partial charge in [0, 0.05) is 5.56 Å². The Balaban J connectivity index is 1.87. The zero-order valence-electron chi connectivity index (χ0n) is 10.5. The van der Waals surface area contributed by atoms with Gasteiger partial charge in [0.05, 0.1) is 24.7 Å². The number of benzene rings is 1. The van der Waals surface area contributed by atoms with Crippen molar-refractivity contribution in [2.45, 2.75) is 16.7 Å². The van der Waals surface area contributed by atoms with Crippen molar-refractivity contribution < 1.29 is 17.7 Å². The van der Waals surface area contributed by atoms with Crippen LogP contribution in [0, 0.1) is 0 Å². The summed E-state index contributed by atoms with van der Waals surface area (Å²) in [5.41, 5.74) is 6.07. The Morgan fingerprint density at radius 2 is 1.95 bits per heavy atom. The molecule has 0 radical (unpaired) electrons. The fourth-order valence-electron chi connectivity index (χ4n) is 1.83. The second-order valence-electron chi connectivity index (χ2n) is 4.44. The van der Waals surface area contributed by atoms with E-state index in [0.717, 1.165) is 0 Å². The molecule has 1 aliphatic heterocycles.